The minimum atomic E-state index is -2.26. The van der Waals surface area contributed by atoms with Crippen LogP contribution in [0.3, 0.4) is 0 Å². The number of carbonyl (C=O) groups is 1. The molecule has 6 heteroatoms. The minimum absolute atomic E-state index is 0.0658. The summed E-state index contributed by atoms with van der Waals surface area (Å²) in [6.45, 7) is 1.66. The molecule has 0 unspecified atom stereocenters. The molecule has 2 atom stereocenters. The summed E-state index contributed by atoms with van der Waals surface area (Å²) < 4.78 is 25.7. The first-order chi connectivity index (χ1) is 11.0. The molecule has 2 heterocycles. The molecule has 1 N–H and O–H groups in total. The maximum Gasteiger partial charge on any atom is 0.343 e. The van der Waals surface area contributed by atoms with E-state index in [4.69, 9.17) is 9.47 Å². The lowest BCUT2D eigenvalue weighted by Gasteiger charge is -2.31. The molecule has 2 saturated heterocycles. The van der Waals surface area contributed by atoms with Gasteiger partial charge in [0.15, 0.2) is 0 Å². The Labute approximate surface area is 135 Å². The van der Waals surface area contributed by atoms with E-state index in [1.807, 2.05) is 4.90 Å². The van der Waals surface area contributed by atoms with Crippen molar-refractivity contribution in [1.29, 1.82) is 0 Å². The Hall–Kier alpha value is -1.66. The molecule has 0 aliphatic carbocycles. The van der Waals surface area contributed by atoms with Crippen molar-refractivity contribution in [2.45, 2.75) is 30.5 Å². The smallest absolute Gasteiger partial charge is 0.343 e. The number of nitrogens with zero attached hydrogens (tertiary/aromatic N) is 1. The van der Waals surface area contributed by atoms with Gasteiger partial charge in [0.1, 0.15) is 5.75 Å². The van der Waals surface area contributed by atoms with E-state index in [0.29, 0.717) is 31.1 Å². The van der Waals surface area contributed by atoms with Gasteiger partial charge < -0.3 is 14.6 Å². The molecule has 0 radical (unpaired) electrons. The van der Waals surface area contributed by atoms with Crippen molar-refractivity contribution in [1.82, 2.24) is 4.90 Å². The summed E-state index contributed by atoms with van der Waals surface area (Å²) in [5.41, 5.74) is -1.56. The Morgan fingerprint density at radius 3 is 2.57 bits per heavy atom. The predicted octanol–water partition coefficient (Wildman–Crippen LogP) is 2.07. The summed E-state index contributed by atoms with van der Waals surface area (Å²) in [5, 5.41) is 9.47. The Morgan fingerprint density at radius 1 is 1.35 bits per heavy atom. The number of alkyl halides is 1. The van der Waals surface area contributed by atoms with E-state index in [9.17, 15) is 9.90 Å². The fourth-order valence-corrected chi connectivity index (χ4v) is 3.60. The van der Waals surface area contributed by atoms with Crippen LogP contribution in [0.25, 0.3) is 0 Å². The number of ether oxygens (including phenoxy) is 2. The van der Waals surface area contributed by atoms with E-state index in [0.717, 1.165) is 12.8 Å². The fraction of sp³-hybridized carbons (Fsp3) is 0.588. The van der Waals surface area contributed by atoms with Gasteiger partial charge in [0.2, 0.25) is 5.67 Å². The van der Waals surface area contributed by atoms with Gasteiger partial charge in [-0.3, -0.25) is 4.90 Å². The fourth-order valence-electron chi connectivity index (χ4n) is 3.60. The van der Waals surface area contributed by atoms with Crippen LogP contribution >= 0.6 is 0 Å². The van der Waals surface area contributed by atoms with Crippen LogP contribution in [-0.2, 0) is 9.53 Å². The molecule has 1 aromatic carbocycles. The number of rotatable bonds is 4. The van der Waals surface area contributed by atoms with E-state index in [1.165, 1.54) is 0 Å². The van der Waals surface area contributed by atoms with Crippen LogP contribution in [0.1, 0.15) is 24.3 Å². The van der Waals surface area contributed by atoms with Gasteiger partial charge in [-0.1, -0.05) is 12.1 Å². The van der Waals surface area contributed by atoms with Crippen molar-refractivity contribution < 1.29 is 23.8 Å². The number of carboxylic acid groups (broad SMARTS) is 1. The standard InChI is InChI=1S/C17H22FNO4/c1-22-14-4-2-12(3-5-14)15-10-19(11-17(15,18)16(20)21)13-6-8-23-9-7-13/h2-5,13,15H,6-11H2,1H3,(H,20,21)/t15-,17-/m0/s1. The van der Waals surface area contributed by atoms with Crippen LogP contribution in [0.15, 0.2) is 24.3 Å². The first-order valence-corrected chi connectivity index (χ1v) is 7.92. The summed E-state index contributed by atoms with van der Waals surface area (Å²) in [7, 11) is 1.56. The van der Waals surface area contributed by atoms with Crippen LogP contribution in [0.4, 0.5) is 4.39 Å². The molecule has 2 aliphatic rings. The third-order valence-corrected chi connectivity index (χ3v) is 4.98. The normalized spacial score (nSPS) is 29.6. The molecule has 2 aliphatic heterocycles. The lowest BCUT2D eigenvalue weighted by molar-refractivity contribution is -0.151. The molecule has 3 rings (SSSR count). The Balaban J connectivity index is 1.84. The van der Waals surface area contributed by atoms with Gasteiger partial charge in [-0.05, 0) is 30.5 Å². The van der Waals surface area contributed by atoms with Gasteiger partial charge in [0.05, 0.1) is 7.11 Å². The van der Waals surface area contributed by atoms with Crippen LogP contribution < -0.4 is 4.74 Å². The average Bonchev–Trinajstić information content (AvgIpc) is 2.95. The molecular weight excluding hydrogens is 301 g/mol. The van der Waals surface area contributed by atoms with E-state index in [2.05, 4.69) is 0 Å². The Bertz CT molecular complexity index is 558. The van der Waals surface area contributed by atoms with Crippen LogP contribution in [0.5, 0.6) is 5.75 Å². The highest BCUT2D eigenvalue weighted by Gasteiger charge is 2.55. The molecule has 2 fully saturated rings. The third-order valence-electron chi connectivity index (χ3n) is 4.98. The van der Waals surface area contributed by atoms with E-state index in [1.54, 1.807) is 31.4 Å². The summed E-state index contributed by atoms with van der Waals surface area (Å²) in [4.78, 5) is 13.6. The molecule has 0 saturated carbocycles. The van der Waals surface area contributed by atoms with E-state index in [-0.39, 0.29) is 12.6 Å². The molecule has 0 bridgehead atoms. The van der Waals surface area contributed by atoms with Crippen molar-refractivity contribution in [2.24, 2.45) is 0 Å². The van der Waals surface area contributed by atoms with Gasteiger partial charge in [0.25, 0.3) is 0 Å². The zero-order chi connectivity index (χ0) is 16.4. The number of likely N-dealkylation sites (tertiary alicyclic amines) is 1. The van der Waals surface area contributed by atoms with Crippen LogP contribution in [0, 0.1) is 0 Å². The van der Waals surface area contributed by atoms with E-state index < -0.39 is 17.6 Å². The number of aliphatic carboxylic acids is 1. The molecule has 126 valence electrons. The second-order valence-corrected chi connectivity index (χ2v) is 6.27. The van der Waals surface area contributed by atoms with Gasteiger partial charge in [0, 0.05) is 38.3 Å². The number of carboxylic acids is 1. The summed E-state index contributed by atoms with van der Waals surface area (Å²) in [6.07, 6.45) is 1.65. The SMILES string of the molecule is COc1ccc([C@@H]2CN(C3CCOCC3)C[C@@]2(F)C(=O)O)cc1. The lowest BCUT2D eigenvalue weighted by atomic mass is 9.86. The van der Waals surface area contributed by atoms with Crippen molar-refractivity contribution in [3.05, 3.63) is 29.8 Å². The quantitative estimate of drug-likeness (QED) is 0.919. The van der Waals surface area contributed by atoms with Crippen LogP contribution in [0.2, 0.25) is 0 Å². The van der Waals surface area contributed by atoms with Crippen molar-refractivity contribution in [3.8, 4) is 5.75 Å². The van der Waals surface area contributed by atoms with Gasteiger partial charge >= 0.3 is 5.97 Å². The zero-order valence-electron chi connectivity index (χ0n) is 13.2. The highest BCUT2D eigenvalue weighted by molar-refractivity contribution is 5.80. The molecule has 1 aromatic rings. The molecule has 23 heavy (non-hydrogen) atoms. The Kier molecular flexibility index (Phi) is 4.55. The predicted molar refractivity (Wildman–Crippen MR) is 82.6 cm³/mol. The monoisotopic (exact) mass is 323 g/mol. The number of methoxy groups -OCH3 is 1. The molecule has 5 nitrogen and oxygen atoms in total. The van der Waals surface area contributed by atoms with E-state index >= 15 is 4.39 Å². The number of hydrogen-bond acceptors (Lipinski definition) is 4. The number of hydrogen-bond donors (Lipinski definition) is 1. The molecule has 0 spiro atoms. The molecule has 0 amide bonds. The van der Waals surface area contributed by atoms with Crippen molar-refractivity contribution >= 4 is 5.97 Å². The topological polar surface area (TPSA) is 59.0 Å². The van der Waals surface area contributed by atoms with Crippen molar-refractivity contribution in [3.63, 3.8) is 0 Å². The highest BCUT2D eigenvalue weighted by Crippen LogP contribution is 2.41. The summed E-state index contributed by atoms with van der Waals surface area (Å²) >= 11 is 0. The van der Waals surface area contributed by atoms with Crippen LogP contribution in [-0.4, -0.2) is 61.1 Å². The first-order valence-electron chi connectivity index (χ1n) is 7.92. The van der Waals surface area contributed by atoms with Crippen molar-refractivity contribution in [2.75, 3.05) is 33.4 Å². The van der Waals surface area contributed by atoms with Gasteiger partial charge in [-0.2, -0.15) is 0 Å². The zero-order valence-corrected chi connectivity index (χ0v) is 13.2. The maximum absolute atomic E-state index is 15.3. The number of halogens is 1. The number of benzene rings is 1. The summed E-state index contributed by atoms with van der Waals surface area (Å²) in [6, 6.07) is 7.20. The molecule has 0 aromatic heterocycles. The lowest BCUT2D eigenvalue weighted by Crippen LogP contribution is -2.43. The van der Waals surface area contributed by atoms with Gasteiger partial charge in [-0.15, -0.1) is 0 Å². The second-order valence-electron chi connectivity index (χ2n) is 6.27. The van der Waals surface area contributed by atoms with Gasteiger partial charge in [-0.25, -0.2) is 9.18 Å². The highest BCUT2D eigenvalue weighted by atomic mass is 19.1. The first kappa shape index (κ1) is 16.2. The minimum Gasteiger partial charge on any atom is -0.497 e. The Morgan fingerprint density at radius 2 is 2.00 bits per heavy atom. The largest absolute Gasteiger partial charge is 0.497 e. The molecular formula is C17H22FNO4. The average molecular weight is 323 g/mol. The summed E-state index contributed by atoms with van der Waals surface area (Å²) in [5.74, 6) is -1.38. The second kappa shape index (κ2) is 6.45. The third kappa shape index (κ3) is 3.05. The maximum atomic E-state index is 15.3.